The number of rotatable bonds is 5. The summed E-state index contributed by atoms with van der Waals surface area (Å²) >= 11 is 0. The van der Waals surface area contributed by atoms with Crippen LogP contribution in [-0.4, -0.2) is 19.6 Å². The Morgan fingerprint density at radius 2 is 1.95 bits per heavy atom. The quantitative estimate of drug-likeness (QED) is 0.882. The van der Waals surface area contributed by atoms with Crippen molar-refractivity contribution in [2.24, 2.45) is 11.1 Å². The molecule has 0 radical (unpaired) electrons. The molecule has 0 spiro atoms. The van der Waals surface area contributed by atoms with Crippen molar-refractivity contribution in [2.45, 2.75) is 46.6 Å². The van der Waals surface area contributed by atoms with Crippen molar-refractivity contribution in [3.8, 4) is 0 Å². The lowest BCUT2D eigenvalue weighted by molar-refractivity contribution is 0.418. The van der Waals surface area contributed by atoms with Crippen LogP contribution in [0.1, 0.15) is 39.7 Å². The molecule has 1 atom stereocenters. The van der Waals surface area contributed by atoms with Gasteiger partial charge in [-0.25, -0.2) is 4.39 Å². The van der Waals surface area contributed by atoms with Gasteiger partial charge < -0.3 is 10.6 Å². The maximum atomic E-state index is 14.1. The molecule has 0 aromatic heterocycles. The Morgan fingerprint density at radius 3 is 2.47 bits per heavy atom. The lowest BCUT2D eigenvalue weighted by atomic mass is 9.95. The number of hydrogen-bond donors (Lipinski definition) is 1. The average molecular weight is 266 g/mol. The molecule has 0 aliphatic heterocycles. The predicted molar refractivity (Wildman–Crippen MR) is 81.1 cm³/mol. The van der Waals surface area contributed by atoms with Gasteiger partial charge in [-0.15, -0.1) is 0 Å². The zero-order valence-corrected chi connectivity index (χ0v) is 12.8. The van der Waals surface area contributed by atoms with Crippen LogP contribution in [0.4, 0.5) is 10.1 Å². The largest absolute Gasteiger partial charge is 0.374 e. The minimum atomic E-state index is -0.151. The van der Waals surface area contributed by atoms with E-state index in [0.717, 1.165) is 24.2 Å². The summed E-state index contributed by atoms with van der Waals surface area (Å²) in [6.45, 7) is 9.45. The molecule has 0 saturated carbocycles. The number of hydrogen-bond acceptors (Lipinski definition) is 2. The molecule has 2 N–H and O–H groups in total. The van der Waals surface area contributed by atoms with Gasteiger partial charge in [0.2, 0.25) is 0 Å². The average Bonchev–Trinajstić information content (AvgIpc) is 2.29. The third-order valence-electron chi connectivity index (χ3n) is 3.21. The van der Waals surface area contributed by atoms with E-state index in [2.05, 4.69) is 25.7 Å². The minimum Gasteiger partial charge on any atom is -0.374 e. The van der Waals surface area contributed by atoms with Crippen LogP contribution in [0.2, 0.25) is 0 Å². The third kappa shape index (κ3) is 4.83. The van der Waals surface area contributed by atoms with E-state index in [9.17, 15) is 4.39 Å². The molecule has 1 aromatic rings. The Balaban J connectivity index is 3.02. The molecule has 2 nitrogen and oxygen atoms in total. The smallest absolute Gasteiger partial charge is 0.128 e. The van der Waals surface area contributed by atoms with Crippen LogP contribution in [0.15, 0.2) is 18.2 Å². The third-order valence-corrected chi connectivity index (χ3v) is 3.21. The van der Waals surface area contributed by atoms with Gasteiger partial charge in [-0.2, -0.15) is 0 Å². The summed E-state index contributed by atoms with van der Waals surface area (Å²) in [6, 6.07) is 5.28. The van der Waals surface area contributed by atoms with Gasteiger partial charge in [-0.1, -0.05) is 33.8 Å². The highest BCUT2D eigenvalue weighted by Crippen LogP contribution is 2.27. The number of nitrogens with two attached hydrogens (primary N) is 1. The number of anilines is 1. The summed E-state index contributed by atoms with van der Waals surface area (Å²) in [4.78, 5) is 2.13. The summed E-state index contributed by atoms with van der Waals surface area (Å²) in [5.41, 5.74) is 7.85. The first-order valence-corrected chi connectivity index (χ1v) is 6.98. The van der Waals surface area contributed by atoms with Crippen LogP contribution < -0.4 is 10.6 Å². The van der Waals surface area contributed by atoms with Gasteiger partial charge in [0.1, 0.15) is 5.82 Å². The van der Waals surface area contributed by atoms with E-state index in [0.29, 0.717) is 6.42 Å². The van der Waals surface area contributed by atoms with Crippen LogP contribution in [-0.2, 0) is 6.42 Å². The SMILES string of the molecule is CCC(N)Cc1c(F)cccc1N(C)CC(C)(C)C. The van der Waals surface area contributed by atoms with Gasteiger partial charge >= 0.3 is 0 Å². The Bertz CT molecular complexity index is 410. The number of nitrogens with zero attached hydrogens (tertiary/aromatic N) is 1. The summed E-state index contributed by atoms with van der Waals surface area (Å²) in [5, 5.41) is 0. The van der Waals surface area contributed by atoms with Gasteiger partial charge in [0.25, 0.3) is 0 Å². The van der Waals surface area contributed by atoms with E-state index in [1.807, 2.05) is 20.0 Å². The first kappa shape index (κ1) is 16.0. The topological polar surface area (TPSA) is 29.3 Å². The normalized spacial score (nSPS) is 13.4. The van der Waals surface area contributed by atoms with Crippen molar-refractivity contribution in [1.29, 1.82) is 0 Å². The molecule has 1 aromatic carbocycles. The van der Waals surface area contributed by atoms with E-state index in [-0.39, 0.29) is 17.3 Å². The fraction of sp³-hybridized carbons (Fsp3) is 0.625. The molecule has 3 heteroatoms. The summed E-state index contributed by atoms with van der Waals surface area (Å²) in [6.07, 6.45) is 1.45. The second kappa shape index (κ2) is 6.38. The van der Waals surface area contributed by atoms with Crippen LogP contribution in [0.3, 0.4) is 0 Å². The Hall–Kier alpha value is -1.09. The van der Waals surface area contributed by atoms with E-state index in [1.165, 1.54) is 6.07 Å². The molecule has 0 bridgehead atoms. The van der Waals surface area contributed by atoms with E-state index < -0.39 is 0 Å². The first-order valence-electron chi connectivity index (χ1n) is 6.98. The lowest BCUT2D eigenvalue weighted by Gasteiger charge is -2.30. The van der Waals surface area contributed by atoms with E-state index in [1.54, 1.807) is 6.07 Å². The van der Waals surface area contributed by atoms with Gasteiger partial charge in [0.05, 0.1) is 0 Å². The van der Waals surface area contributed by atoms with Gasteiger partial charge in [-0.05, 0) is 30.4 Å². The van der Waals surface area contributed by atoms with Crippen LogP contribution >= 0.6 is 0 Å². The zero-order chi connectivity index (χ0) is 14.6. The minimum absolute atomic E-state index is 0.0127. The maximum Gasteiger partial charge on any atom is 0.128 e. The Labute approximate surface area is 116 Å². The van der Waals surface area contributed by atoms with Crippen molar-refractivity contribution in [2.75, 3.05) is 18.5 Å². The predicted octanol–water partition coefficient (Wildman–Crippen LogP) is 3.59. The van der Waals surface area contributed by atoms with Crippen molar-refractivity contribution < 1.29 is 4.39 Å². The first-order chi connectivity index (χ1) is 8.74. The fourth-order valence-electron chi connectivity index (χ4n) is 2.31. The maximum absolute atomic E-state index is 14.1. The number of benzene rings is 1. The molecule has 0 fully saturated rings. The molecule has 1 unspecified atom stereocenters. The Kier molecular flexibility index (Phi) is 5.36. The lowest BCUT2D eigenvalue weighted by Crippen LogP contribution is -2.31. The molecular weight excluding hydrogens is 239 g/mol. The van der Waals surface area contributed by atoms with Crippen LogP contribution in [0, 0.1) is 11.2 Å². The molecule has 108 valence electrons. The summed E-state index contributed by atoms with van der Waals surface area (Å²) in [7, 11) is 2.01. The second-order valence-electron chi connectivity index (χ2n) is 6.53. The van der Waals surface area contributed by atoms with Crippen LogP contribution in [0.25, 0.3) is 0 Å². The highest BCUT2D eigenvalue weighted by atomic mass is 19.1. The van der Waals surface area contributed by atoms with Gasteiger partial charge in [0.15, 0.2) is 0 Å². The summed E-state index contributed by atoms with van der Waals surface area (Å²) < 4.78 is 14.1. The Morgan fingerprint density at radius 1 is 1.32 bits per heavy atom. The second-order valence-corrected chi connectivity index (χ2v) is 6.53. The van der Waals surface area contributed by atoms with E-state index in [4.69, 9.17) is 5.73 Å². The van der Waals surface area contributed by atoms with Gasteiger partial charge in [0, 0.05) is 30.9 Å². The highest BCUT2D eigenvalue weighted by Gasteiger charge is 2.18. The van der Waals surface area contributed by atoms with E-state index >= 15 is 0 Å². The van der Waals surface area contributed by atoms with Crippen molar-refractivity contribution in [3.63, 3.8) is 0 Å². The van der Waals surface area contributed by atoms with Gasteiger partial charge in [-0.3, -0.25) is 0 Å². The monoisotopic (exact) mass is 266 g/mol. The fourth-order valence-corrected chi connectivity index (χ4v) is 2.31. The van der Waals surface area contributed by atoms with Crippen molar-refractivity contribution in [3.05, 3.63) is 29.6 Å². The van der Waals surface area contributed by atoms with Crippen molar-refractivity contribution >= 4 is 5.69 Å². The molecule has 0 amide bonds. The standard InChI is InChI=1S/C16H27FN2/c1-6-12(18)10-13-14(17)8-7-9-15(13)19(5)11-16(2,3)4/h7-9,12H,6,10-11,18H2,1-5H3. The molecule has 0 aliphatic rings. The summed E-state index contributed by atoms with van der Waals surface area (Å²) in [5.74, 6) is -0.151. The molecule has 1 rings (SSSR count). The molecule has 0 heterocycles. The highest BCUT2D eigenvalue weighted by molar-refractivity contribution is 5.54. The number of halogens is 1. The van der Waals surface area contributed by atoms with Crippen LogP contribution in [0.5, 0.6) is 0 Å². The zero-order valence-electron chi connectivity index (χ0n) is 12.8. The molecule has 0 saturated heterocycles. The molecular formula is C16H27FN2. The molecule has 19 heavy (non-hydrogen) atoms. The molecule has 0 aliphatic carbocycles. The van der Waals surface area contributed by atoms with Crippen molar-refractivity contribution in [1.82, 2.24) is 0 Å².